The Morgan fingerprint density at radius 2 is 2.06 bits per heavy atom. The molecule has 2 N–H and O–H groups in total. The highest BCUT2D eigenvalue weighted by Crippen LogP contribution is 2.24. The van der Waals surface area contributed by atoms with Gasteiger partial charge in [0.15, 0.2) is 0 Å². The molecule has 2 heterocycles. The molecule has 0 amide bonds. The van der Waals surface area contributed by atoms with Crippen molar-refractivity contribution in [1.29, 1.82) is 0 Å². The van der Waals surface area contributed by atoms with E-state index >= 15 is 0 Å². The zero-order valence-corrected chi connectivity index (χ0v) is 12.1. The van der Waals surface area contributed by atoms with E-state index in [1.807, 2.05) is 11.6 Å². The van der Waals surface area contributed by atoms with Gasteiger partial charge in [-0.15, -0.1) is 0 Å². The van der Waals surface area contributed by atoms with E-state index in [-0.39, 0.29) is 6.04 Å². The molecule has 0 fully saturated rings. The summed E-state index contributed by atoms with van der Waals surface area (Å²) in [7, 11) is 0. The van der Waals surface area contributed by atoms with Crippen LogP contribution < -0.4 is 5.73 Å². The second kappa shape index (κ2) is 5.58. The molecule has 0 saturated heterocycles. The predicted octanol–water partition coefficient (Wildman–Crippen LogP) is 2.01. The van der Waals surface area contributed by atoms with Gasteiger partial charge in [-0.3, -0.25) is 4.68 Å². The van der Waals surface area contributed by atoms with Gasteiger partial charge in [-0.25, -0.2) is 9.97 Å². The van der Waals surface area contributed by atoms with Crippen molar-refractivity contribution in [1.82, 2.24) is 19.7 Å². The number of aromatic nitrogens is 4. The third-order valence-electron chi connectivity index (χ3n) is 2.78. The average Bonchev–Trinajstić information content (AvgIpc) is 2.67. The summed E-state index contributed by atoms with van der Waals surface area (Å²) in [6, 6.07) is 1.57. The molecule has 0 aromatic carbocycles. The highest BCUT2D eigenvalue weighted by molar-refractivity contribution is 9.10. The summed E-state index contributed by atoms with van der Waals surface area (Å²) in [5, 5.41) is 4.45. The highest BCUT2D eigenvalue weighted by Gasteiger charge is 2.17. The summed E-state index contributed by atoms with van der Waals surface area (Å²) in [4.78, 5) is 8.37. The van der Waals surface area contributed by atoms with Crippen molar-refractivity contribution in [3.63, 3.8) is 0 Å². The van der Waals surface area contributed by atoms with Crippen molar-refractivity contribution in [3.8, 4) is 0 Å². The van der Waals surface area contributed by atoms with Crippen LogP contribution in [0, 0.1) is 6.92 Å². The summed E-state index contributed by atoms with van der Waals surface area (Å²) in [6.07, 6.45) is 4.08. The minimum absolute atomic E-state index is 0.219. The van der Waals surface area contributed by atoms with Crippen molar-refractivity contribution in [2.24, 2.45) is 5.73 Å². The Hall–Kier alpha value is -1.27. The zero-order chi connectivity index (χ0) is 13.1. The smallest absolute Gasteiger partial charge is 0.145 e. The van der Waals surface area contributed by atoms with Crippen LogP contribution in [-0.2, 0) is 13.0 Å². The molecular weight excluding hydrogens is 294 g/mol. The summed E-state index contributed by atoms with van der Waals surface area (Å²) in [5.74, 6) is 0.658. The third kappa shape index (κ3) is 2.59. The maximum Gasteiger partial charge on any atom is 0.145 e. The van der Waals surface area contributed by atoms with Crippen LogP contribution in [0.2, 0.25) is 0 Å². The molecule has 0 aliphatic rings. The van der Waals surface area contributed by atoms with E-state index in [1.54, 1.807) is 18.5 Å². The number of nitrogens with two attached hydrogens (primary N) is 1. The molecule has 0 aliphatic carbocycles. The first kappa shape index (κ1) is 13.2. The van der Waals surface area contributed by atoms with Crippen LogP contribution in [0.3, 0.4) is 0 Å². The average molecular weight is 310 g/mol. The molecule has 0 spiro atoms. The van der Waals surface area contributed by atoms with Gasteiger partial charge in [0.1, 0.15) is 5.82 Å². The van der Waals surface area contributed by atoms with Gasteiger partial charge in [0.05, 0.1) is 21.9 Å². The van der Waals surface area contributed by atoms with Crippen LogP contribution in [0.5, 0.6) is 0 Å². The van der Waals surface area contributed by atoms with E-state index in [0.29, 0.717) is 12.2 Å². The van der Waals surface area contributed by atoms with Gasteiger partial charge < -0.3 is 5.73 Å². The molecule has 6 heteroatoms. The second-order valence-corrected chi connectivity index (χ2v) is 4.87. The molecule has 0 aliphatic heterocycles. The topological polar surface area (TPSA) is 69.6 Å². The molecule has 2 rings (SSSR count). The molecule has 2 aromatic heterocycles. The number of aryl methyl sites for hydroxylation is 2. The number of halogens is 1. The quantitative estimate of drug-likeness (QED) is 0.938. The molecule has 18 heavy (non-hydrogen) atoms. The normalized spacial score (nSPS) is 12.7. The van der Waals surface area contributed by atoms with E-state index in [2.05, 4.69) is 37.9 Å². The lowest BCUT2D eigenvalue weighted by atomic mass is 10.1. The molecule has 0 bridgehead atoms. The number of nitrogens with zero attached hydrogens (tertiary/aromatic N) is 4. The maximum absolute atomic E-state index is 6.14. The van der Waals surface area contributed by atoms with Gasteiger partial charge in [-0.1, -0.05) is 0 Å². The van der Waals surface area contributed by atoms with Crippen molar-refractivity contribution in [2.75, 3.05) is 0 Å². The number of hydrogen-bond acceptors (Lipinski definition) is 4. The van der Waals surface area contributed by atoms with Gasteiger partial charge in [0, 0.05) is 25.4 Å². The largest absolute Gasteiger partial charge is 0.321 e. The Morgan fingerprint density at radius 3 is 2.67 bits per heavy atom. The third-order valence-corrected chi connectivity index (χ3v) is 3.81. The fourth-order valence-electron chi connectivity index (χ4n) is 1.87. The number of hydrogen-bond donors (Lipinski definition) is 1. The number of rotatable bonds is 4. The van der Waals surface area contributed by atoms with Gasteiger partial charge in [0.2, 0.25) is 0 Å². The summed E-state index contributed by atoms with van der Waals surface area (Å²) in [6.45, 7) is 4.86. The fraction of sp³-hybridized carbons (Fsp3) is 0.417. The van der Waals surface area contributed by atoms with Crippen molar-refractivity contribution >= 4 is 15.9 Å². The van der Waals surface area contributed by atoms with Crippen LogP contribution in [0.15, 0.2) is 22.9 Å². The highest BCUT2D eigenvalue weighted by atomic mass is 79.9. The minimum atomic E-state index is -0.219. The van der Waals surface area contributed by atoms with Crippen LogP contribution >= 0.6 is 15.9 Å². The summed E-state index contributed by atoms with van der Waals surface area (Å²) in [5.41, 5.74) is 8.21. The van der Waals surface area contributed by atoms with E-state index < -0.39 is 0 Å². The monoisotopic (exact) mass is 309 g/mol. The van der Waals surface area contributed by atoms with Crippen LogP contribution in [0.25, 0.3) is 0 Å². The molecular formula is C12H16BrN5. The van der Waals surface area contributed by atoms with E-state index in [4.69, 9.17) is 5.73 Å². The van der Waals surface area contributed by atoms with Crippen LogP contribution in [0.4, 0.5) is 0 Å². The lowest BCUT2D eigenvalue weighted by Gasteiger charge is -2.11. The first-order valence-corrected chi connectivity index (χ1v) is 6.67. The minimum Gasteiger partial charge on any atom is -0.321 e. The van der Waals surface area contributed by atoms with E-state index in [0.717, 1.165) is 22.4 Å². The molecule has 1 atom stereocenters. The van der Waals surface area contributed by atoms with Crippen molar-refractivity contribution in [2.45, 2.75) is 32.9 Å². The Bertz CT molecular complexity index is 523. The van der Waals surface area contributed by atoms with Gasteiger partial charge in [0.25, 0.3) is 0 Å². The molecule has 0 saturated carbocycles. The lowest BCUT2D eigenvalue weighted by Crippen LogP contribution is -2.18. The Balaban J connectivity index is 2.24. The Kier molecular flexibility index (Phi) is 4.08. The summed E-state index contributed by atoms with van der Waals surface area (Å²) < 4.78 is 2.98. The van der Waals surface area contributed by atoms with E-state index in [9.17, 15) is 0 Å². The second-order valence-electron chi connectivity index (χ2n) is 4.08. The van der Waals surface area contributed by atoms with Crippen molar-refractivity contribution in [3.05, 3.63) is 40.1 Å². The Labute approximate surface area is 115 Å². The standard InChI is InChI=1S/C12H16BrN5/c1-3-18-10(11(13)8(2)17-18)7-9(14)12-15-5-4-6-16-12/h4-6,9H,3,7,14H2,1-2H3. The van der Waals surface area contributed by atoms with Crippen LogP contribution in [-0.4, -0.2) is 19.7 Å². The first-order valence-electron chi connectivity index (χ1n) is 5.87. The van der Waals surface area contributed by atoms with E-state index in [1.165, 1.54) is 0 Å². The molecule has 0 radical (unpaired) electrons. The lowest BCUT2D eigenvalue weighted by molar-refractivity contribution is 0.573. The fourth-order valence-corrected chi connectivity index (χ4v) is 2.31. The van der Waals surface area contributed by atoms with Gasteiger partial charge >= 0.3 is 0 Å². The first-order chi connectivity index (χ1) is 8.63. The van der Waals surface area contributed by atoms with Crippen molar-refractivity contribution < 1.29 is 0 Å². The SMILES string of the molecule is CCn1nc(C)c(Br)c1CC(N)c1ncccn1. The molecule has 5 nitrogen and oxygen atoms in total. The predicted molar refractivity (Wildman–Crippen MR) is 73.0 cm³/mol. The van der Waals surface area contributed by atoms with Gasteiger partial charge in [-0.2, -0.15) is 5.10 Å². The molecule has 1 unspecified atom stereocenters. The maximum atomic E-state index is 6.14. The molecule has 2 aromatic rings. The summed E-state index contributed by atoms with van der Waals surface area (Å²) >= 11 is 3.56. The molecule has 96 valence electrons. The van der Waals surface area contributed by atoms with Gasteiger partial charge in [-0.05, 0) is 35.8 Å². The van der Waals surface area contributed by atoms with Crippen LogP contribution in [0.1, 0.15) is 30.2 Å². The zero-order valence-electron chi connectivity index (χ0n) is 10.5. The Morgan fingerprint density at radius 1 is 1.39 bits per heavy atom.